The van der Waals surface area contributed by atoms with Crippen molar-refractivity contribution >= 4 is 51.4 Å². The average molecular weight is 421 g/mol. The molecule has 2 aromatic rings. The summed E-state index contributed by atoms with van der Waals surface area (Å²) in [6, 6.07) is 5.23. The molecule has 0 aliphatic rings. The van der Waals surface area contributed by atoms with Crippen LogP contribution in [-0.4, -0.2) is 10.9 Å². The molecule has 1 aromatic carbocycles. The van der Waals surface area contributed by atoms with E-state index in [-0.39, 0.29) is 5.91 Å². The number of carbonyl (C=O) groups is 1. The van der Waals surface area contributed by atoms with Crippen molar-refractivity contribution in [2.75, 3.05) is 0 Å². The normalized spacial score (nSPS) is 10.8. The number of benzene rings is 1. The van der Waals surface area contributed by atoms with Crippen LogP contribution in [0, 0.1) is 3.57 Å². The van der Waals surface area contributed by atoms with Crippen LogP contribution in [0.1, 0.15) is 40.8 Å². The summed E-state index contributed by atoms with van der Waals surface area (Å²) < 4.78 is 0.868. The molecule has 0 fully saturated rings. The molecule has 0 unspecified atom stereocenters. The number of hydrogen-bond donors (Lipinski definition) is 1. The van der Waals surface area contributed by atoms with Crippen molar-refractivity contribution in [1.82, 2.24) is 10.3 Å². The van der Waals surface area contributed by atoms with Crippen molar-refractivity contribution in [3.63, 3.8) is 0 Å². The van der Waals surface area contributed by atoms with Gasteiger partial charge in [0, 0.05) is 20.4 Å². The summed E-state index contributed by atoms with van der Waals surface area (Å²) in [7, 11) is 0. The van der Waals surface area contributed by atoms with Gasteiger partial charge in [0.25, 0.3) is 5.91 Å². The van der Waals surface area contributed by atoms with Crippen LogP contribution in [0.25, 0.3) is 0 Å². The maximum Gasteiger partial charge on any atom is 0.251 e. The maximum atomic E-state index is 12.0. The molecule has 0 aliphatic carbocycles. The molecule has 0 atom stereocenters. The Labute approximate surface area is 140 Å². The standard InChI is InChI=1S/C14H14ClIN2OS/c1-8(2)14-18-10(7-20-14)6-17-13(19)9-3-4-11(15)12(16)5-9/h3-5,7-8H,6H2,1-2H3,(H,17,19). The third-order valence-electron chi connectivity index (χ3n) is 2.68. The Morgan fingerprint density at radius 3 is 2.85 bits per heavy atom. The van der Waals surface area contributed by atoms with E-state index in [0.29, 0.717) is 23.0 Å². The Morgan fingerprint density at radius 1 is 1.50 bits per heavy atom. The number of thiazole rings is 1. The summed E-state index contributed by atoms with van der Waals surface area (Å²) in [5, 5.41) is 6.61. The van der Waals surface area contributed by atoms with Crippen LogP contribution in [0.3, 0.4) is 0 Å². The Hall–Kier alpha value is -0.660. The first-order valence-corrected chi connectivity index (χ1v) is 8.48. The van der Waals surface area contributed by atoms with Crippen molar-refractivity contribution in [3.05, 3.63) is 48.4 Å². The molecule has 0 aliphatic heterocycles. The first-order chi connectivity index (χ1) is 9.47. The maximum absolute atomic E-state index is 12.0. The molecule has 0 radical (unpaired) electrons. The van der Waals surface area contributed by atoms with E-state index >= 15 is 0 Å². The predicted molar refractivity (Wildman–Crippen MR) is 91.5 cm³/mol. The topological polar surface area (TPSA) is 42.0 Å². The molecule has 2 rings (SSSR count). The Bertz CT molecular complexity index is 627. The van der Waals surface area contributed by atoms with Crippen LogP contribution < -0.4 is 5.32 Å². The van der Waals surface area contributed by atoms with Crippen molar-refractivity contribution < 1.29 is 4.79 Å². The van der Waals surface area contributed by atoms with Gasteiger partial charge in [-0.15, -0.1) is 11.3 Å². The molecule has 1 N–H and O–H groups in total. The lowest BCUT2D eigenvalue weighted by molar-refractivity contribution is 0.0950. The molecular weight excluding hydrogens is 407 g/mol. The zero-order valence-corrected chi connectivity index (χ0v) is 14.8. The molecule has 1 amide bonds. The van der Waals surface area contributed by atoms with E-state index in [1.165, 1.54) is 0 Å². The molecule has 0 bridgehead atoms. The fourth-order valence-electron chi connectivity index (χ4n) is 1.58. The van der Waals surface area contributed by atoms with Crippen molar-refractivity contribution in [1.29, 1.82) is 0 Å². The van der Waals surface area contributed by atoms with Crippen molar-refractivity contribution in [2.45, 2.75) is 26.3 Å². The lowest BCUT2D eigenvalue weighted by Crippen LogP contribution is -2.23. The third kappa shape index (κ3) is 3.93. The second-order valence-electron chi connectivity index (χ2n) is 4.64. The minimum atomic E-state index is -0.112. The van der Waals surface area contributed by atoms with Crippen LogP contribution in [0.15, 0.2) is 23.6 Å². The zero-order chi connectivity index (χ0) is 14.7. The third-order valence-corrected chi connectivity index (χ3v) is 5.41. The average Bonchev–Trinajstić information content (AvgIpc) is 2.88. The van der Waals surface area contributed by atoms with Crippen molar-refractivity contribution in [3.8, 4) is 0 Å². The van der Waals surface area contributed by atoms with E-state index in [4.69, 9.17) is 11.6 Å². The van der Waals surface area contributed by atoms with E-state index in [2.05, 4.69) is 46.7 Å². The zero-order valence-electron chi connectivity index (χ0n) is 11.1. The molecule has 1 heterocycles. The molecule has 1 aromatic heterocycles. The van der Waals surface area contributed by atoms with Crippen LogP contribution in [-0.2, 0) is 6.54 Å². The molecule has 106 valence electrons. The highest BCUT2D eigenvalue weighted by Gasteiger charge is 2.10. The quantitative estimate of drug-likeness (QED) is 0.742. The number of halogens is 2. The summed E-state index contributed by atoms with van der Waals surface area (Å²) in [4.78, 5) is 16.5. The van der Waals surface area contributed by atoms with Gasteiger partial charge in [0.15, 0.2) is 0 Å². The van der Waals surface area contributed by atoms with Gasteiger partial charge in [-0.3, -0.25) is 4.79 Å². The molecule has 20 heavy (non-hydrogen) atoms. The van der Waals surface area contributed by atoms with Crippen LogP contribution in [0.5, 0.6) is 0 Å². The number of rotatable bonds is 4. The highest BCUT2D eigenvalue weighted by atomic mass is 127. The minimum absolute atomic E-state index is 0.112. The Kier molecular flexibility index (Phi) is 5.40. The van der Waals surface area contributed by atoms with Gasteiger partial charge in [0.1, 0.15) is 0 Å². The molecule has 0 saturated carbocycles. The van der Waals surface area contributed by atoms with E-state index in [0.717, 1.165) is 14.3 Å². The summed E-state index contributed by atoms with van der Waals surface area (Å²) >= 11 is 9.68. The van der Waals surface area contributed by atoms with E-state index in [1.54, 1.807) is 29.5 Å². The minimum Gasteiger partial charge on any atom is -0.346 e. The van der Waals surface area contributed by atoms with Crippen LogP contribution in [0.4, 0.5) is 0 Å². The number of nitrogens with one attached hydrogen (secondary N) is 1. The van der Waals surface area contributed by atoms with Gasteiger partial charge >= 0.3 is 0 Å². The predicted octanol–water partition coefficient (Wildman–Crippen LogP) is 4.45. The lowest BCUT2D eigenvalue weighted by atomic mass is 10.2. The summed E-state index contributed by atoms with van der Waals surface area (Å²) in [6.07, 6.45) is 0. The largest absolute Gasteiger partial charge is 0.346 e. The number of amides is 1. The van der Waals surface area contributed by atoms with Gasteiger partial charge in [-0.2, -0.15) is 0 Å². The fraction of sp³-hybridized carbons (Fsp3) is 0.286. The van der Waals surface area contributed by atoms with Gasteiger partial charge in [0.05, 0.1) is 22.3 Å². The first-order valence-electron chi connectivity index (χ1n) is 6.15. The van der Waals surface area contributed by atoms with Crippen LogP contribution >= 0.6 is 45.5 Å². The molecule has 6 heteroatoms. The van der Waals surface area contributed by atoms with E-state index < -0.39 is 0 Å². The van der Waals surface area contributed by atoms with Gasteiger partial charge in [-0.1, -0.05) is 25.4 Å². The smallest absolute Gasteiger partial charge is 0.251 e. The van der Waals surface area contributed by atoms with Gasteiger partial charge in [-0.05, 0) is 40.8 Å². The Balaban J connectivity index is 1.99. The highest BCUT2D eigenvalue weighted by Crippen LogP contribution is 2.20. The summed E-state index contributed by atoms with van der Waals surface area (Å²) in [5.74, 6) is 0.306. The monoisotopic (exact) mass is 420 g/mol. The van der Waals surface area contributed by atoms with Crippen LogP contribution in [0.2, 0.25) is 5.02 Å². The highest BCUT2D eigenvalue weighted by molar-refractivity contribution is 14.1. The van der Waals surface area contributed by atoms with Gasteiger partial charge in [-0.25, -0.2) is 4.98 Å². The number of aromatic nitrogens is 1. The van der Waals surface area contributed by atoms with E-state index in [9.17, 15) is 4.79 Å². The fourth-order valence-corrected chi connectivity index (χ4v) is 3.05. The summed E-state index contributed by atoms with van der Waals surface area (Å²) in [5.41, 5.74) is 1.51. The number of nitrogens with zero attached hydrogens (tertiary/aromatic N) is 1. The molecule has 0 saturated heterocycles. The van der Waals surface area contributed by atoms with Gasteiger partial charge in [0.2, 0.25) is 0 Å². The SMILES string of the molecule is CC(C)c1nc(CNC(=O)c2ccc(Cl)c(I)c2)cs1. The Morgan fingerprint density at radius 2 is 2.25 bits per heavy atom. The molecule has 0 spiro atoms. The lowest BCUT2D eigenvalue weighted by Gasteiger charge is -2.05. The second-order valence-corrected chi connectivity index (χ2v) is 7.10. The summed E-state index contributed by atoms with van der Waals surface area (Å²) in [6.45, 7) is 4.66. The van der Waals surface area contributed by atoms with Crippen molar-refractivity contribution in [2.24, 2.45) is 0 Å². The second kappa shape index (κ2) is 6.87. The first kappa shape index (κ1) is 15.7. The van der Waals surface area contributed by atoms with E-state index in [1.807, 2.05) is 5.38 Å². The molecular formula is C14H14ClIN2OS. The molecule has 3 nitrogen and oxygen atoms in total. The number of carbonyl (C=O) groups excluding carboxylic acids is 1. The van der Waals surface area contributed by atoms with Gasteiger partial charge < -0.3 is 5.32 Å². The number of hydrogen-bond acceptors (Lipinski definition) is 3.